The summed E-state index contributed by atoms with van der Waals surface area (Å²) >= 11 is 1.44. The molecule has 2 amide bonds. The van der Waals surface area contributed by atoms with E-state index in [1.54, 1.807) is 11.1 Å². The molecule has 7 heteroatoms. The molecule has 0 spiro atoms. The number of carbonyl (C=O) groups is 2. The number of likely N-dealkylation sites (tertiary alicyclic amines) is 1. The van der Waals surface area contributed by atoms with E-state index >= 15 is 0 Å². The van der Waals surface area contributed by atoms with Crippen LogP contribution in [0.15, 0.2) is 35.7 Å². The van der Waals surface area contributed by atoms with Crippen molar-refractivity contribution >= 4 is 23.6 Å². The topological polar surface area (TPSA) is 81.2 Å². The maximum atomic E-state index is 12.9. The van der Waals surface area contributed by atoms with Crippen LogP contribution in [0.2, 0.25) is 0 Å². The molecule has 27 heavy (non-hydrogen) atoms. The first-order valence-corrected chi connectivity index (χ1v) is 10.1. The van der Waals surface area contributed by atoms with Gasteiger partial charge in [-0.25, -0.2) is 4.98 Å². The van der Waals surface area contributed by atoms with Gasteiger partial charge < -0.3 is 10.6 Å². The van der Waals surface area contributed by atoms with Gasteiger partial charge in [0.1, 0.15) is 0 Å². The summed E-state index contributed by atoms with van der Waals surface area (Å²) in [5, 5.41) is 0.496. The first-order valence-electron chi connectivity index (χ1n) is 9.23. The van der Waals surface area contributed by atoms with Crippen LogP contribution in [0.4, 0.5) is 0 Å². The summed E-state index contributed by atoms with van der Waals surface area (Å²) < 4.78 is 2.03. The first-order chi connectivity index (χ1) is 12.9. The minimum absolute atomic E-state index is 0.0291. The number of aryl methyl sites for hydroxylation is 1. The molecule has 0 bridgehead atoms. The molecule has 2 atom stereocenters. The molecular weight excluding hydrogens is 360 g/mol. The smallest absolute Gasteiger partial charge is 0.235 e. The Bertz CT molecular complexity index is 848. The number of imidazole rings is 1. The molecule has 0 saturated carbocycles. The molecule has 6 nitrogen and oxygen atoms in total. The Morgan fingerprint density at radius 3 is 2.85 bits per heavy atom. The van der Waals surface area contributed by atoms with E-state index in [4.69, 9.17) is 5.73 Å². The Morgan fingerprint density at radius 1 is 1.33 bits per heavy atom. The third-order valence-electron chi connectivity index (χ3n) is 5.21. The predicted molar refractivity (Wildman–Crippen MR) is 107 cm³/mol. The minimum atomic E-state index is -0.321. The van der Waals surface area contributed by atoms with Crippen molar-refractivity contribution in [3.63, 3.8) is 0 Å². The van der Waals surface area contributed by atoms with Crippen LogP contribution in [0.25, 0.3) is 5.69 Å². The summed E-state index contributed by atoms with van der Waals surface area (Å²) in [6.45, 7) is 7.16. The van der Waals surface area contributed by atoms with Crippen LogP contribution in [0, 0.1) is 19.8 Å². The summed E-state index contributed by atoms with van der Waals surface area (Å²) in [6, 6.07) is 6.17. The summed E-state index contributed by atoms with van der Waals surface area (Å²) in [5.41, 5.74) is 8.91. The maximum absolute atomic E-state index is 12.9. The molecule has 144 valence electrons. The molecule has 0 radical (unpaired) electrons. The summed E-state index contributed by atoms with van der Waals surface area (Å²) in [4.78, 5) is 30.6. The van der Waals surface area contributed by atoms with Crippen LogP contribution >= 0.6 is 11.8 Å². The van der Waals surface area contributed by atoms with Crippen LogP contribution in [-0.2, 0) is 9.59 Å². The molecule has 1 aliphatic rings. The summed E-state index contributed by atoms with van der Waals surface area (Å²) in [7, 11) is 0. The molecule has 2 aromatic rings. The van der Waals surface area contributed by atoms with Crippen LogP contribution in [-0.4, -0.2) is 44.6 Å². The van der Waals surface area contributed by atoms with Gasteiger partial charge in [-0.3, -0.25) is 14.2 Å². The molecule has 1 aliphatic heterocycles. The predicted octanol–water partition coefficient (Wildman–Crippen LogP) is 2.69. The van der Waals surface area contributed by atoms with E-state index < -0.39 is 0 Å². The standard InChI is InChI=1S/C20H26N4O2S/c1-13-6-4-8-17(14(13)2)24-11-9-22-20(24)27-15(3)19(26)23-10-5-7-16(12-23)18(21)25/h4,6,8-9,11,15-16H,5,7,10,12H2,1-3H3,(H2,21,25). The van der Waals surface area contributed by atoms with Crippen LogP contribution in [0.1, 0.15) is 30.9 Å². The van der Waals surface area contributed by atoms with Gasteiger partial charge in [0, 0.05) is 25.5 Å². The second-order valence-electron chi connectivity index (χ2n) is 7.08. The van der Waals surface area contributed by atoms with E-state index in [9.17, 15) is 9.59 Å². The zero-order valence-corrected chi connectivity index (χ0v) is 16.8. The highest BCUT2D eigenvalue weighted by molar-refractivity contribution is 8.00. The number of hydrogen-bond acceptors (Lipinski definition) is 4. The molecule has 3 rings (SSSR count). The van der Waals surface area contributed by atoms with Crippen molar-refractivity contribution in [3.8, 4) is 5.69 Å². The maximum Gasteiger partial charge on any atom is 0.235 e. The van der Waals surface area contributed by atoms with Gasteiger partial charge in [0.15, 0.2) is 5.16 Å². The molecule has 0 aliphatic carbocycles. The van der Waals surface area contributed by atoms with Crippen molar-refractivity contribution in [2.45, 2.75) is 44.0 Å². The number of hydrogen-bond donors (Lipinski definition) is 1. The van der Waals surface area contributed by atoms with Gasteiger partial charge in [0.05, 0.1) is 16.9 Å². The highest BCUT2D eigenvalue weighted by atomic mass is 32.2. The van der Waals surface area contributed by atoms with E-state index in [0.717, 1.165) is 23.7 Å². The second-order valence-corrected chi connectivity index (χ2v) is 8.39. The van der Waals surface area contributed by atoms with Crippen molar-refractivity contribution in [2.75, 3.05) is 13.1 Å². The monoisotopic (exact) mass is 386 g/mol. The Morgan fingerprint density at radius 2 is 2.11 bits per heavy atom. The molecular formula is C20H26N4O2S. The fraction of sp³-hybridized carbons (Fsp3) is 0.450. The zero-order chi connectivity index (χ0) is 19.6. The number of nitrogens with zero attached hydrogens (tertiary/aromatic N) is 3. The highest BCUT2D eigenvalue weighted by Crippen LogP contribution is 2.28. The number of aromatic nitrogens is 2. The second kappa shape index (κ2) is 8.17. The number of primary amides is 1. The number of benzene rings is 1. The van der Waals surface area contributed by atoms with E-state index in [1.165, 1.54) is 22.9 Å². The van der Waals surface area contributed by atoms with Gasteiger partial charge in [-0.15, -0.1) is 0 Å². The number of rotatable bonds is 5. The van der Waals surface area contributed by atoms with E-state index in [-0.39, 0.29) is 23.0 Å². The van der Waals surface area contributed by atoms with Crippen molar-refractivity contribution < 1.29 is 9.59 Å². The van der Waals surface area contributed by atoms with Gasteiger partial charge in [-0.2, -0.15) is 0 Å². The Hall–Kier alpha value is -2.28. The number of carbonyl (C=O) groups excluding carboxylic acids is 2. The highest BCUT2D eigenvalue weighted by Gasteiger charge is 2.30. The van der Waals surface area contributed by atoms with Crippen molar-refractivity contribution in [2.24, 2.45) is 11.7 Å². The van der Waals surface area contributed by atoms with Crippen LogP contribution in [0.3, 0.4) is 0 Å². The number of piperidine rings is 1. The SMILES string of the molecule is Cc1cccc(-n2ccnc2SC(C)C(=O)N2CCCC(C(N)=O)C2)c1C. The number of amides is 2. The molecule has 1 aromatic carbocycles. The van der Waals surface area contributed by atoms with E-state index in [2.05, 4.69) is 31.0 Å². The first kappa shape index (κ1) is 19.5. The van der Waals surface area contributed by atoms with Crippen molar-refractivity contribution in [1.82, 2.24) is 14.5 Å². The quantitative estimate of drug-likeness (QED) is 0.801. The lowest BCUT2D eigenvalue weighted by molar-refractivity contribution is -0.134. The van der Waals surface area contributed by atoms with Crippen LogP contribution < -0.4 is 5.73 Å². The molecule has 2 unspecified atom stereocenters. The van der Waals surface area contributed by atoms with Crippen molar-refractivity contribution in [1.29, 1.82) is 0 Å². The lowest BCUT2D eigenvalue weighted by atomic mass is 9.97. The van der Waals surface area contributed by atoms with Gasteiger partial charge in [-0.05, 0) is 50.8 Å². The fourth-order valence-corrected chi connectivity index (χ4v) is 4.39. The van der Waals surface area contributed by atoms with Gasteiger partial charge in [0.2, 0.25) is 11.8 Å². The Labute approximate surface area is 164 Å². The van der Waals surface area contributed by atoms with Crippen LogP contribution in [0.5, 0.6) is 0 Å². The zero-order valence-electron chi connectivity index (χ0n) is 16.0. The minimum Gasteiger partial charge on any atom is -0.369 e. The van der Waals surface area contributed by atoms with E-state index in [1.807, 2.05) is 23.8 Å². The molecule has 1 fully saturated rings. The summed E-state index contributed by atoms with van der Waals surface area (Å²) in [5.74, 6) is -0.531. The normalized spacial score (nSPS) is 18.3. The van der Waals surface area contributed by atoms with Crippen molar-refractivity contribution in [3.05, 3.63) is 41.7 Å². The average Bonchev–Trinajstić information content (AvgIpc) is 3.11. The Kier molecular flexibility index (Phi) is 5.89. The fourth-order valence-electron chi connectivity index (χ4n) is 3.43. The molecule has 1 saturated heterocycles. The average molecular weight is 387 g/mol. The van der Waals surface area contributed by atoms with E-state index in [0.29, 0.717) is 13.1 Å². The summed E-state index contributed by atoms with van der Waals surface area (Å²) in [6.07, 6.45) is 5.25. The van der Waals surface area contributed by atoms with Gasteiger partial charge >= 0.3 is 0 Å². The lowest BCUT2D eigenvalue weighted by Crippen LogP contribution is -2.46. The lowest BCUT2D eigenvalue weighted by Gasteiger charge is -2.32. The third kappa shape index (κ3) is 4.18. The molecule has 2 N–H and O–H groups in total. The Balaban J connectivity index is 1.74. The largest absolute Gasteiger partial charge is 0.369 e. The van der Waals surface area contributed by atoms with Gasteiger partial charge in [0.25, 0.3) is 0 Å². The molecule has 2 heterocycles. The molecule has 1 aromatic heterocycles. The number of nitrogens with two attached hydrogens (primary N) is 1. The third-order valence-corrected chi connectivity index (χ3v) is 6.28. The number of thioether (sulfide) groups is 1. The van der Waals surface area contributed by atoms with Gasteiger partial charge in [-0.1, -0.05) is 23.9 Å².